The van der Waals surface area contributed by atoms with Gasteiger partial charge in [-0.1, -0.05) is 6.08 Å². The summed E-state index contributed by atoms with van der Waals surface area (Å²) >= 11 is 0. The van der Waals surface area contributed by atoms with Crippen molar-refractivity contribution in [1.82, 2.24) is 0 Å². The van der Waals surface area contributed by atoms with Crippen molar-refractivity contribution in [2.75, 3.05) is 0 Å². The Labute approximate surface area is 57.1 Å². The molecule has 1 amide bonds. The summed E-state index contributed by atoms with van der Waals surface area (Å²) in [4.78, 5) is 20.1. The Morgan fingerprint density at radius 2 is 2.30 bits per heavy atom. The number of allylic oxidation sites excluding steroid dienone is 2. The van der Waals surface area contributed by atoms with Crippen LogP contribution < -0.4 is 0 Å². The first kappa shape index (κ1) is 6.67. The highest BCUT2D eigenvalue weighted by Crippen LogP contribution is 2.03. The van der Waals surface area contributed by atoms with Crippen molar-refractivity contribution < 1.29 is 9.53 Å². The SMILES string of the molecule is O=NC(=O)C1C=CC=CO1. The summed E-state index contributed by atoms with van der Waals surface area (Å²) in [5.74, 6) is -0.805. The number of ether oxygens (including phenoxy) is 1. The Balaban J connectivity index is 2.59. The van der Waals surface area contributed by atoms with Crippen molar-refractivity contribution in [3.05, 3.63) is 29.4 Å². The maximum absolute atomic E-state index is 10.5. The zero-order chi connectivity index (χ0) is 7.40. The number of carbonyl (C=O) groups excluding carboxylic acids is 1. The molecule has 0 aromatic heterocycles. The third-order valence-electron chi connectivity index (χ3n) is 1.03. The molecule has 0 radical (unpaired) electrons. The van der Waals surface area contributed by atoms with Crippen LogP contribution in [0.5, 0.6) is 0 Å². The molecular weight excluding hydrogens is 134 g/mol. The van der Waals surface area contributed by atoms with E-state index in [2.05, 4.69) is 5.18 Å². The number of nitrogens with zero attached hydrogens (tertiary/aromatic N) is 1. The molecule has 1 heterocycles. The fraction of sp³-hybridized carbons (Fsp3) is 0.167. The predicted octanol–water partition coefficient (Wildman–Crippen LogP) is 0.748. The van der Waals surface area contributed by atoms with E-state index < -0.39 is 12.0 Å². The summed E-state index contributed by atoms with van der Waals surface area (Å²) in [6, 6.07) is 0. The van der Waals surface area contributed by atoms with Crippen molar-refractivity contribution in [3.63, 3.8) is 0 Å². The number of rotatable bonds is 1. The molecule has 0 saturated carbocycles. The highest BCUT2D eigenvalue weighted by Gasteiger charge is 2.16. The Hall–Kier alpha value is -1.45. The van der Waals surface area contributed by atoms with Crippen LogP contribution in [0.15, 0.2) is 29.7 Å². The molecule has 52 valence electrons. The van der Waals surface area contributed by atoms with Crippen molar-refractivity contribution in [2.45, 2.75) is 6.10 Å². The van der Waals surface area contributed by atoms with Gasteiger partial charge >= 0.3 is 5.91 Å². The molecule has 1 rings (SSSR count). The van der Waals surface area contributed by atoms with Gasteiger partial charge in [-0.15, -0.1) is 4.91 Å². The molecule has 0 saturated heterocycles. The summed E-state index contributed by atoms with van der Waals surface area (Å²) in [5, 5.41) is 2.21. The van der Waals surface area contributed by atoms with Crippen LogP contribution in [0.4, 0.5) is 0 Å². The minimum absolute atomic E-state index is 0.805. The monoisotopic (exact) mass is 139 g/mol. The summed E-state index contributed by atoms with van der Waals surface area (Å²) < 4.78 is 4.72. The summed E-state index contributed by atoms with van der Waals surface area (Å²) in [6.45, 7) is 0. The molecule has 0 aromatic rings. The average molecular weight is 139 g/mol. The van der Waals surface area contributed by atoms with Crippen LogP contribution in [0, 0.1) is 4.91 Å². The maximum atomic E-state index is 10.5. The van der Waals surface area contributed by atoms with Crippen LogP contribution in [0.1, 0.15) is 0 Å². The normalized spacial score (nSPS) is 21.8. The van der Waals surface area contributed by atoms with E-state index >= 15 is 0 Å². The average Bonchev–Trinajstić information content (AvgIpc) is 2.05. The molecular formula is C6H5NO3. The molecule has 0 bridgehead atoms. The van der Waals surface area contributed by atoms with Crippen LogP contribution in [0.3, 0.4) is 0 Å². The van der Waals surface area contributed by atoms with E-state index in [9.17, 15) is 9.70 Å². The first-order valence-electron chi connectivity index (χ1n) is 2.70. The van der Waals surface area contributed by atoms with Crippen LogP contribution in [-0.4, -0.2) is 12.0 Å². The zero-order valence-corrected chi connectivity index (χ0v) is 5.06. The van der Waals surface area contributed by atoms with E-state index in [0.717, 1.165) is 0 Å². The van der Waals surface area contributed by atoms with Gasteiger partial charge < -0.3 is 4.74 Å². The van der Waals surface area contributed by atoms with Gasteiger partial charge in [0.1, 0.15) is 0 Å². The van der Waals surface area contributed by atoms with Crippen molar-refractivity contribution >= 4 is 5.91 Å². The molecule has 0 N–H and O–H groups in total. The second-order valence-electron chi connectivity index (χ2n) is 1.70. The fourth-order valence-electron chi connectivity index (χ4n) is 0.578. The lowest BCUT2D eigenvalue weighted by atomic mass is 10.3. The van der Waals surface area contributed by atoms with Crippen molar-refractivity contribution in [1.29, 1.82) is 0 Å². The number of nitroso groups, excluding NO2 is 1. The Kier molecular flexibility index (Phi) is 1.94. The van der Waals surface area contributed by atoms with E-state index in [1.165, 1.54) is 12.3 Å². The summed E-state index contributed by atoms with van der Waals surface area (Å²) in [7, 11) is 0. The summed E-state index contributed by atoms with van der Waals surface area (Å²) in [6.07, 6.45) is 5.23. The van der Waals surface area contributed by atoms with Gasteiger partial charge in [-0.3, -0.25) is 4.79 Å². The predicted molar refractivity (Wildman–Crippen MR) is 34.0 cm³/mol. The molecule has 0 fully saturated rings. The van der Waals surface area contributed by atoms with Crippen molar-refractivity contribution in [2.24, 2.45) is 5.18 Å². The molecule has 1 aliphatic rings. The lowest BCUT2D eigenvalue weighted by Gasteiger charge is -2.08. The van der Waals surface area contributed by atoms with Crippen LogP contribution >= 0.6 is 0 Å². The molecule has 0 aliphatic carbocycles. The molecule has 1 unspecified atom stereocenters. The van der Waals surface area contributed by atoms with Crippen LogP contribution in [-0.2, 0) is 9.53 Å². The Morgan fingerprint density at radius 1 is 1.50 bits per heavy atom. The first-order valence-corrected chi connectivity index (χ1v) is 2.70. The van der Waals surface area contributed by atoms with Gasteiger partial charge in [-0.25, -0.2) is 0 Å². The van der Waals surface area contributed by atoms with Gasteiger partial charge in [-0.05, 0) is 12.2 Å². The molecule has 4 nitrogen and oxygen atoms in total. The van der Waals surface area contributed by atoms with Crippen molar-refractivity contribution in [3.8, 4) is 0 Å². The van der Waals surface area contributed by atoms with Crippen LogP contribution in [0.25, 0.3) is 0 Å². The van der Waals surface area contributed by atoms with E-state index in [1.54, 1.807) is 12.2 Å². The van der Waals surface area contributed by atoms with Gasteiger partial charge in [0.05, 0.1) is 6.26 Å². The van der Waals surface area contributed by atoms with Gasteiger partial charge in [0, 0.05) is 5.18 Å². The topological polar surface area (TPSA) is 55.7 Å². The fourth-order valence-corrected chi connectivity index (χ4v) is 0.578. The quantitative estimate of drug-likeness (QED) is 0.503. The number of hydrogen-bond donors (Lipinski definition) is 0. The molecule has 10 heavy (non-hydrogen) atoms. The largest absolute Gasteiger partial charge is 0.484 e. The van der Waals surface area contributed by atoms with Gasteiger partial charge in [0.25, 0.3) is 0 Å². The highest BCUT2D eigenvalue weighted by molar-refractivity contribution is 5.83. The van der Waals surface area contributed by atoms with E-state index in [4.69, 9.17) is 4.74 Å². The molecule has 0 spiro atoms. The van der Waals surface area contributed by atoms with E-state index in [-0.39, 0.29) is 0 Å². The third-order valence-corrected chi connectivity index (χ3v) is 1.03. The third kappa shape index (κ3) is 1.28. The lowest BCUT2D eigenvalue weighted by Crippen LogP contribution is -2.18. The molecule has 1 aliphatic heterocycles. The second-order valence-corrected chi connectivity index (χ2v) is 1.70. The minimum atomic E-state index is -0.817. The number of carbonyl (C=O) groups is 1. The summed E-state index contributed by atoms with van der Waals surface area (Å²) in [5.41, 5.74) is 0. The first-order chi connectivity index (χ1) is 4.84. The minimum Gasteiger partial charge on any atom is -0.484 e. The van der Waals surface area contributed by atoms with Crippen LogP contribution in [0.2, 0.25) is 0 Å². The van der Waals surface area contributed by atoms with Gasteiger partial charge in [0.15, 0.2) is 6.10 Å². The Morgan fingerprint density at radius 3 is 2.80 bits per heavy atom. The molecule has 0 aromatic carbocycles. The molecule has 1 atom stereocenters. The van der Waals surface area contributed by atoms with Gasteiger partial charge in [-0.2, -0.15) is 0 Å². The van der Waals surface area contributed by atoms with E-state index in [1.807, 2.05) is 0 Å². The number of hydrogen-bond acceptors (Lipinski definition) is 3. The smallest absolute Gasteiger partial charge is 0.330 e. The molecule has 4 heteroatoms. The van der Waals surface area contributed by atoms with E-state index in [0.29, 0.717) is 0 Å². The highest BCUT2D eigenvalue weighted by atomic mass is 16.5. The second kappa shape index (κ2) is 2.91. The maximum Gasteiger partial charge on any atom is 0.330 e. The Bertz CT molecular complexity index is 207. The zero-order valence-electron chi connectivity index (χ0n) is 5.06. The van der Waals surface area contributed by atoms with Gasteiger partial charge in [0.2, 0.25) is 0 Å². The number of amides is 1. The lowest BCUT2D eigenvalue weighted by molar-refractivity contribution is -0.124. The standard InChI is InChI=1S/C6H5NO3/c8-6(7-9)5-3-1-2-4-10-5/h1-5H.